The van der Waals surface area contributed by atoms with Gasteiger partial charge in [0.2, 0.25) is 0 Å². The molecule has 9 heteroatoms. The summed E-state index contributed by atoms with van der Waals surface area (Å²) in [5.41, 5.74) is -0.718. The number of methoxy groups -OCH3 is 1. The molecule has 30 heavy (non-hydrogen) atoms. The standard InChI is InChI=1S/C21H14Cl2F3NO3/c1-29-20(28)17-18(12-6-8-13(22)14(23)10-12)30-16-9-7-11-4-2-3-5-15(11)27(16)19(17)21(24,25)26/h2-10,16,18H,1H3/t16-,18+/m1/s1. The average Bonchev–Trinajstić information content (AvgIpc) is 2.72. The third kappa shape index (κ3) is 3.47. The van der Waals surface area contributed by atoms with Gasteiger partial charge in [0.1, 0.15) is 11.8 Å². The maximum absolute atomic E-state index is 14.4. The third-order valence-corrected chi connectivity index (χ3v) is 5.58. The number of nitrogens with zero attached hydrogens (tertiary/aromatic N) is 1. The number of anilines is 1. The summed E-state index contributed by atoms with van der Waals surface area (Å²) in [5.74, 6) is -1.15. The zero-order chi connectivity index (χ0) is 21.6. The van der Waals surface area contributed by atoms with Crippen molar-refractivity contribution in [1.82, 2.24) is 0 Å². The van der Waals surface area contributed by atoms with Gasteiger partial charge in [0, 0.05) is 0 Å². The Kier molecular flexibility index (Phi) is 5.30. The molecule has 0 aromatic heterocycles. The lowest BCUT2D eigenvalue weighted by Crippen LogP contribution is -2.49. The Bertz CT molecular complexity index is 1080. The summed E-state index contributed by atoms with van der Waals surface area (Å²) in [6.45, 7) is 0. The predicted octanol–water partition coefficient (Wildman–Crippen LogP) is 5.91. The molecule has 0 spiro atoms. The molecular weight excluding hydrogens is 442 g/mol. The van der Waals surface area contributed by atoms with E-state index in [1.165, 1.54) is 30.3 Å². The lowest BCUT2D eigenvalue weighted by molar-refractivity contribution is -0.142. The number of para-hydroxylation sites is 1. The van der Waals surface area contributed by atoms with E-state index in [0.717, 1.165) is 12.0 Å². The quantitative estimate of drug-likeness (QED) is 0.527. The van der Waals surface area contributed by atoms with Gasteiger partial charge in [-0.2, -0.15) is 13.2 Å². The van der Waals surface area contributed by atoms with E-state index in [9.17, 15) is 18.0 Å². The summed E-state index contributed by atoms with van der Waals surface area (Å²) in [4.78, 5) is 13.6. The number of hydrogen-bond acceptors (Lipinski definition) is 4. The molecular formula is C21H14Cl2F3NO3. The van der Waals surface area contributed by atoms with E-state index < -0.39 is 35.7 Å². The summed E-state index contributed by atoms with van der Waals surface area (Å²) in [6, 6.07) is 10.8. The molecule has 0 unspecified atom stereocenters. The highest BCUT2D eigenvalue weighted by Crippen LogP contribution is 2.48. The van der Waals surface area contributed by atoms with Gasteiger partial charge in [-0.1, -0.05) is 53.5 Å². The largest absolute Gasteiger partial charge is 0.466 e. The van der Waals surface area contributed by atoms with Crippen LogP contribution in [0.5, 0.6) is 0 Å². The molecule has 4 nitrogen and oxygen atoms in total. The number of alkyl halides is 3. The lowest BCUT2D eigenvalue weighted by atomic mass is 9.94. The van der Waals surface area contributed by atoms with Crippen molar-refractivity contribution in [2.24, 2.45) is 0 Å². The molecule has 0 radical (unpaired) electrons. The predicted molar refractivity (Wildman–Crippen MR) is 107 cm³/mol. The van der Waals surface area contributed by atoms with Gasteiger partial charge in [0.15, 0.2) is 6.23 Å². The second-order valence-corrected chi connectivity index (χ2v) is 7.43. The number of ether oxygens (including phenoxy) is 2. The maximum Gasteiger partial charge on any atom is 0.432 e. The summed E-state index contributed by atoms with van der Waals surface area (Å²) in [5, 5.41) is 0.353. The van der Waals surface area contributed by atoms with Crippen LogP contribution in [0, 0.1) is 0 Å². The van der Waals surface area contributed by atoms with Crippen molar-refractivity contribution in [2.45, 2.75) is 18.5 Å². The molecule has 2 aromatic rings. The molecule has 0 bridgehead atoms. The van der Waals surface area contributed by atoms with Crippen molar-refractivity contribution in [1.29, 1.82) is 0 Å². The highest BCUT2D eigenvalue weighted by molar-refractivity contribution is 6.42. The molecule has 156 valence electrons. The zero-order valence-corrected chi connectivity index (χ0v) is 16.9. The van der Waals surface area contributed by atoms with E-state index in [-0.39, 0.29) is 21.3 Å². The van der Waals surface area contributed by atoms with Crippen LogP contribution in [-0.4, -0.2) is 25.5 Å². The molecule has 2 atom stereocenters. The van der Waals surface area contributed by atoms with Crippen LogP contribution in [0.4, 0.5) is 18.9 Å². The van der Waals surface area contributed by atoms with Crippen molar-refractivity contribution >= 4 is 40.9 Å². The Hall–Kier alpha value is -2.48. The Balaban J connectivity index is 1.99. The number of benzene rings is 2. The van der Waals surface area contributed by atoms with Gasteiger partial charge in [0.05, 0.1) is 28.4 Å². The monoisotopic (exact) mass is 455 g/mol. The van der Waals surface area contributed by atoms with Crippen LogP contribution in [0.15, 0.2) is 59.8 Å². The normalized spacial score (nSPS) is 20.7. The van der Waals surface area contributed by atoms with E-state index in [4.69, 9.17) is 32.7 Å². The molecule has 2 aliphatic rings. The molecule has 0 aliphatic carbocycles. The summed E-state index contributed by atoms with van der Waals surface area (Å²) in [6.07, 6.45) is -4.13. The van der Waals surface area contributed by atoms with Gasteiger partial charge in [-0.25, -0.2) is 4.79 Å². The van der Waals surface area contributed by atoms with Crippen LogP contribution in [0.1, 0.15) is 17.2 Å². The number of rotatable bonds is 2. The van der Waals surface area contributed by atoms with E-state index in [1.54, 1.807) is 24.3 Å². The summed E-state index contributed by atoms with van der Waals surface area (Å²) >= 11 is 12.0. The topological polar surface area (TPSA) is 38.8 Å². The van der Waals surface area contributed by atoms with Crippen molar-refractivity contribution in [3.8, 4) is 0 Å². The number of carbonyl (C=O) groups excluding carboxylic acids is 1. The third-order valence-electron chi connectivity index (χ3n) is 4.85. The first kappa shape index (κ1) is 20.8. The SMILES string of the molecule is COC(=O)C1=C(C(F)(F)F)N2c3ccccc3C=C[C@H]2O[C@H]1c1ccc(Cl)c(Cl)c1. The van der Waals surface area contributed by atoms with Crippen LogP contribution in [0.25, 0.3) is 6.08 Å². The van der Waals surface area contributed by atoms with Crippen molar-refractivity contribution in [3.63, 3.8) is 0 Å². The van der Waals surface area contributed by atoms with Gasteiger partial charge < -0.3 is 14.4 Å². The fourth-order valence-corrected chi connectivity index (χ4v) is 3.90. The fourth-order valence-electron chi connectivity index (χ4n) is 3.60. The molecule has 2 aromatic carbocycles. The number of hydrogen-bond donors (Lipinski definition) is 0. The Morgan fingerprint density at radius 2 is 1.87 bits per heavy atom. The number of fused-ring (bicyclic) bond motifs is 3. The van der Waals surface area contributed by atoms with Crippen LogP contribution in [-0.2, 0) is 14.3 Å². The van der Waals surface area contributed by atoms with E-state index in [0.29, 0.717) is 5.56 Å². The minimum atomic E-state index is -4.86. The van der Waals surface area contributed by atoms with Crippen LogP contribution in [0.2, 0.25) is 10.0 Å². The first-order valence-electron chi connectivity index (χ1n) is 8.79. The smallest absolute Gasteiger partial charge is 0.432 e. The first-order chi connectivity index (χ1) is 14.2. The summed E-state index contributed by atoms with van der Waals surface area (Å²) in [7, 11) is 1.02. The highest BCUT2D eigenvalue weighted by atomic mass is 35.5. The molecule has 0 saturated carbocycles. The Morgan fingerprint density at radius 3 is 2.53 bits per heavy atom. The van der Waals surface area contributed by atoms with Gasteiger partial charge in [-0.15, -0.1) is 0 Å². The highest BCUT2D eigenvalue weighted by Gasteiger charge is 2.51. The van der Waals surface area contributed by atoms with Crippen LogP contribution < -0.4 is 4.90 Å². The Morgan fingerprint density at radius 1 is 1.13 bits per heavy atom. The molecule has 0 amide bonds. The van der Waals surface area contributed by atoms with Gasteiger partial charge >= 0.3 is 12.1 Å². The van der Waals surface area contributed by atoms with E-state index in [2.05, 4.69) is 0 Å². The number of esters is 1. The second kappa shape index (κ2) is 7.65. The minimum absolute atomic E-state index is 0.127. The Labute approximate surface area is 180 Å². The second-order valence-electron chi connectivity index (χ2n) is 6.62. The van der Waals surface area contributed by atoms with Crippen LogP contribution >= 0.6 is 23.2 Å². The molecule has 4 rings (SSSR count). The fraction of sp³-hybridized carbons (Fsp3) is 0.190. The average molecular weight is 456 g/mol. The molecule has 0 fully saturated rings. The maximum atomic E-state index is 14.4. The molecule has 2 aliphatic heterocycles. The zero-order valence-electron chi connectivity index (χ0n) is 15.4. The lowest BCUT2D eigenvalue weighted by Gasteiger charge is -2.44. The molecule has 2 heterocycles. The number of halogens is 5. The van der Waals surface area contributed by atoms with Gasteiger partial charge in [0.25, 0.3) is 0 Å². The number of carbonyl (C=O) groups is 1. The van der Waals surface area contributed by atoms with Crippen molar-refractivity contribution in [2.75, 3.05) is 12.0 Å². The minimum Gasteiger partial charge on any atom is -0.466 e. The van der Waals surface area contributed by atoms with Crippen molar-refractivity contribution < 1.29 is 27.4 Å². The van der Waals surface area contributed by atoms with Gasteiger partial charge in [-0.05, 0) is 35.4 Å². The van der Waals surface area contributed by atoms with E-state index >= 15 is 0 Å². The van der Waals surface area contributed by atoms with E-state index in [1.807, 2.05) is 0 Å². The van der Waals surface area contributed by atoms with Crippen LogP contribution in [0.3, 0.4) is 0 Å². The number of allylic oxidation sites excluding steroid dienone is 1. The first-order valence-corrected chi connectivity index (χ1v) is 9.54. The summed E-state index contributed by atoms with van der Waals surface area (Å²) < 4.78 is 53.7. The van der Waals surface area contributed by atoms with Gasteiger partial charge in [-0.3, -0.25) is 0 Å². The van der Waals surface area contributed by atoms with Crippen molar-refractivity contribution in [3.05, 3.63) is 81.0 Å². The molecule has 0 N–H and O–H groups in total. The molecule has 0 saturated heterocycles.